The molecule has 8 rings (SSSR count). The number of fused-ring (bicyclic) bond motifs is 3. The van der Waals surface area contributed by atoms with E-state index in [-0.39, 0.29) is 0 Å². The number of aromatic nitrogens is 3. The van der Waals surface area contributed by atoms with Gasteiger partial charge in [0.25, 0.3) is 0 Å². The van der Waals surface area contributed by atoms with Gasteiger partial charge in [-0.2, -0.15) is 0 Å². The van der Waals surface area contributed by atoms with Gasteiger partial charge < -0.3 is 13.4 Å². The van der Waals surface area contributed by atoms with Crippen LogP contribution in [-0.2, 0) is 0 Å². The minimum absolute atomic E-state index is 0.624. The predicted molar refractivity (Wildman–Crippen MR) is 163 cm³/mol. The first-order valence-corrected chi connectivity index (χ1v) is 13.5. The molecule has 8 aromatic rings. The van der Waals surface area contributed by atoms with E-state index in [9.17, 15) is 0 Å². The van der Waals surface area contributed by atoms with Gasteiger partial charge in [-0.3, -0.25) is 0 Å². The Bertz CT molecular complexity index is 1970. The fourth-order valence-corrected chi connectivity index (χ4v) is 5.58. The zero-order valence-corrected chi connectivity index (χ0v) is 21.9. The molecule has 0 fully saturated rings. The van der Waals surface area contributed by atoms with E-state index in [0.29, 0.717) is 11.8 Å². The molecule has 5 heteroatoms. The number of para-hydroxylation sites is 1. The van der Waals surface area contributed by atoms with Crippen molar-refractivity contribution < 1.29 is 8.83 Å². The van der Waals surface area contributed by atoms with Crippen LogP contribution in [0.25, 0.3) is 72.7 Å². The Morgan fingerprint density at radius 1 is 0.439 bits per heavy atom. The van der Waals surface area contributed by atoms with Crippen LogP contribution < -0.4 is 0 Å². The molecule has 0 saturated carbocycles. The van der Waals surface area contributed by atoms with Gasteiger partial charge in [-0.1, -0.05) is 66.7 Å². The summed E-state index contributed by atoms with van der Waals surface area (Å²) >= 11 is 0. The van der Waals surface area contributed by atoms with Crippen LogP contribution in [0.15, 0.2) is 149 Å². The van der Waals surface area contributed by atoms with Gasteiger partial charge in [0.2, 0.25) is 11.8 Å². The maximum atomic E-state index is 5.46. The highest BCUT2D eigenvalue weighted by atomic mass is 16.3. The number of rotatable bonds is 5. The quantitative estimate of drug-likeness (QED) is 0.223. The second-order valence-electron chi connectivity index (χ2n) is 9.96. The molecule has 0 amide bonds. The molecule has 0 radical (unpaired) electrons. The van der Waals surface area contributed by atoms with Gasteiger partial charge in [-0.15, -0.1) is 0 Å². The van der Waals surface area contributed by atoms with Gasteiger partial charge in [-0.25, -0.2) is 9.97 Å². The van der Waals surface area contributed by atoms with E-state index in [1.807, 2.05) is 0 Å². The standard InChI is InChI=1S/C36H23N3O2/c1-2-4-30(5-3-1)39-33-22-28(24-6-10-26(11-7-24)35-37-18-20-40-35)14-16-31(33)32-17-15-29(23-34(32)39)25-8-12-27(13-9-25)36-38-19-21-41-36/h1-23H. The third kappa shape index (κ3) is 4.03. The molecule has 0 aliphatic carbocycles. The van der Waals surface area contributed by atoms with E-state index < -0.39 is 0 Å². The fraction of sp³-hybridized carbons (Fsp3) is 0. The maximum Gasteiger partial charge on any atom is 0.225 e. The Hall–Kier alpha value is -5.68. The van der Waals surface area contributed by atoms with E-state index in [1.54, 1.807) is 24.9 Å². The average Bonchev–Trinajstić information content (AvgIpc) is 3.82. The third-order valence-electron chi connectivity index (χ3n) is 7.58. The van der Waals surface area contributed by atoms with Crippen LogP contribution in [0.5, 0.6) is 0 Å². The van der Waals surface area contributed by atoms with Crippen molar-refractivity contribution in [3.63, 3.8) is 0 Å². The van der Waals surface area contributed by atoms with Crippen LogP contribution >= 0.6 is 0 Å². The van der Waals surface area contributed by atoms with Crippen LogP contribution in [0.3, 0.4) is 0 Å². The van der Waals surface area contributed by atoms with Gasteiger partial charge in [0, 0.05) is 27.6 Å². The minimum atomic E-state index is 0.624. The lowest BCUT2D eigenvalue weighted by Crippen LogP contribution is -1.93. The minimum Gasteiger partial charge on any atom is -0.445 e. The van der Waals surface area contributed by atoms with Crippen molar-refractivity contribution in [3.05, 3.63) is 140 Å². The number of oxazole rings is 2. The van der Waals surface area contributed by atoms with E-state index in [4.69, 9.17) is 8.83 Å². The summed E-state index contributed by atoms with van der Waals surface area (Å²) in [6.45, 7) is 0. The van der Waals surface area contributed by atoms with E-state index in [0.717, 1.165) is 50.1 Å². The molecule has 5 nitrogen and oxygen atoms in total. The summed E-state index contributed by atoms with van der Waals surface area (Å²) in [4.78, 5) is 8.53. The molecule has 3 aromatic heterocycles. The Kier molecular flexibility index (Phi) is 5.38. The fourth-order valence-electron chi connectivity index (χ4n) is 5.58. The van der Waals surface area contributed by atoms with Crippen molar-refractivity contribution in [3.8, 4) is 50.8 Å². The summed E-state index contributed by atoms with van der Waals surface area (Å²) in [7, 11) is 0. The van der Waals surface area contributed by atoms with Crippen molar-refractivity contribution in [2.24, 2.45) is 0 Å². The molecule has 0 aliphatic rings. The third-order valence-corrected chi connectivity index (χ3v) is 7.58. The van der Waals surface area contributed by atoms with Crippen molar-refractivity contribution in [2.45, 2.75) is 0 Å². The zero-order valence-electron chi connectivity index (χ0n) is 21.9. The molecule has 3 heterocycles. The average molecular weight is 530 g/mol. The summed E-state index contributed by atoms with van der Waals surface area (Å²) in [6.07, 6.45) is 6.52. The summed E-state index contributed by atoms with van der Waals surface area (Å²) < 4.78 is 13.3. The Morgan fingerprint density at radius 3 is 1.32 bits per heavy atom. The molecule has 0 saturated heterocycles. The highest BCUT2D eigenvalue weighted by molar-refractivity contribution is 6.11. The summed E-state index contributed by atoms with van der Waals surface area (Å²) in [6, 6.07) is 40.7. The van der Waals surface area contributed by atoms with E-state index in [1.165, 1.54) is 10.8 Å². The molecule has 194 valence electrons. The molecular formula is C36H23N3O2. The Labute approximate surface area is 236 Å². The summed E-state index contributed by atoms with van der Waals surface area (Å²) in [5.41, 5.74) is 9.95. The molecule has 0 bridgehead atoms. The second kappa shape index (κ2) is 9.50. The van der Waals surface area contributed by atoms with Crippen LogP contribution in [0.4, 0.5) is 0 Å². The number of benzene rings is 5. The first-order valence-electron chi connectivity index (χ1n) is 13.5. The monoisotopic (exact) mass is 529 g/mol. The van der Waals surface area contributed by atoms with Crippen LogP contribution in [0.2, 0.25) is 0 Å². The smallest absolute Gasteiger partial charge is 0.225 e. The molecule has 0 aliphatic heterocycles. The largest absolute Gasteiger partial charge is 0.445 e. The summed E-state index contributed by atoms with van der Waals surface area (Å²) in [5, 5.41) is 2.43. The summed E-state index contributed by atoms with van der Waals surface area (Å²) in [5.74, 6) is 1.25. The second-order valence-corrected chi connectivity index (χ2v) is 9.96. The lowest BCUT2D eigenvalue weighted by Gasteiger charge is -2.10. The topological polar surface area (TPSA) is 57.0 Å². The van der Waals surface area contributed by atoms with Crippen molar-refractivity contribution in [1.29, 1.82) is 0 Å². The lowest BCUT2D eigenvalue weighted by molar-refractivity contribution is 0.574. The van der Waals surface area contributed by atoms with Gasteiger partial charge in [0.05, 0.1) is 23.4 Å². The van der Waals surface area contributed by atoms with Crippen molar-refractivity contribution >= 4 is 21.8 Å². The molecule has 0 atom stereocenters. The molecular weight excluding hydrogens is 506 g/mol. The zero-order chi connectivity index (χ0) is 27.2. The van der Waals surface area contributed by atoms with Gasteiger partial charge in [0.1, 0.15) is 12.5 Å². The van der Waals surface area contributed by atoms with Crippen molar-refractivity contribution in [1.82, 2.24) is 14.5 Å². The normalized spacial score (nSPS) is 11.4. The SMILES string of the molecule is c1ccc(-n2c3cc(-c4ccc(-c5ncco5)cc4)ccc3c3ccc(-c4ccc(-c5ncco5)cc4)cc32)cc1. The molecule has 41 heavy (non-hydrogen) atoms. The predicted octanol–water partition coefficient (Wildman–Crippen LogP) is 9.43. The number of hydrogen-bond donors (Lipinski definition) is 0. The maximum absolute atomic E-state index is 5.46. The van der Waals surface area contributed by atoms with Crippen LogP contribution in [0, 0.1) is 0 Å². The molecule has 0 N–H and O–H groups in total. The molecule has 0 unspecified atom stereocenters. The molecule has 5 aromatic carbocycles. The van der Waals surface area contributed by atoms with Crippen LogP contribution in [0.1, 0.15) is 0 Å². The lowest BCUT2D eigenvalue weighted by atomic mass is 10.0. The van der Waals surface area contributed by atoms with Gasteiger partial charge in [-0.05, 0) is 70.8 Å². The first kappa shape index (κ1) is 23.2. The van der Waals surface area contributed by atoms with Crippen LogP contribution in [-0.4, -0.2) is 14.5 Å². The van der Waals surface area contributed by atoms with Gasteiger partial charge in [0.15, 0.2) is 0 Å². The van der Waals surface area contributed by atoms with Crippen molar-refractivity contribution in [2.75, 3.05) is 0 Å². The van der Waals surface area contributed by atoms with E-state index >= 15 is 0 Å². The number of nitrogens with zero attached hydrogens (tertiary/aromatic N) is 3. The first-order chi connectivity index (χ1) is 20.3. The highest BCUT2D eigenvalue weighted by Gasteiger charge is 2.15. The van der Waals surface area contributed by atoms with E-state index in [2.05, 4.69) is 130 Å². The molecule has 0 spiro atoms. The number of hydrogen-bond acceptors (Lipinski definition) is 4. The Morgan fingerprint density at radius 2 is 0.878 bits per heavy atom. The Balaban J connectivity index is 1.27. The highest BCUT2D eigenvalue weighted by Crippen LogP contribution is 2.37. The van der Waals surface area contributed by atoms with Gasteiger partial charge >= 0.3 is 0 Å².